The van der Waals surface area contributed by atoms with Crippen LogP contribution in [0.1, 0.15) is 68.8 Å². The van der Waals surface area contributed by atoms with Crippen LogP contribution < -0.4 is 4.74 Å². The summed E-state index contributed by atoms with van der Waals surface area (Å²) in [6.45, 7) is 2.27. The number of ether oxygens (including phenoxy) is 1. The molecule has 1 aliphatic rings. The molecule has 0 saturated carbocycles. The van der Waals surface area contributed by atoms with Crippen molar-refractivity contribution >= 4 is 0 Å². The molecule has 0 fully saturated rings. The second-order valence-electron chi connectivity index (χ2n) is 6.25. The van der Waals surface area contributed by atoms with Gasteiger partial charge in [-0.15, -0.1) is 0 Å². The van der Waals surface area contributed by atoms with Crippen LogP contribution in [0.15, 0.2) is 30.3 Å². The summed E-state index contributed by atoms with van der Waals surface area (Å²) < 4.78 is 76.1. The highest BCUT2D eigenvalue weighted by Crippen LogP contribution is 2.49. The zero-order valence-electron chi connectivity index (χ0n) is 22.4. The summed E-state index contributed by atoms with van der Waals surface area (Å²) >= 11 is 0. The molecule has 2 aromatic rings. The normalized spacial score (nSPS) is 23.0. The van der Waals surface area contributed by atoms with Crippen molar-refractivity contribution in [2.24, 2.45) is 0 Å². The van der Waals surface area contributed by atoms with E-state index in [4.69, 9.17) is 17.1 Å². The van der Waals surface area contributed by atoms with E-state index in [9.17, 15) is 5.11 Å². The maximum absolute atomic E-state index is 10.8. The molecule has 1 N–H and O–H groups in total. The third kappa shape index (κ3) is 2.95. The Morgan fingerprint density at radius 1 is 1.22 bits per heavy atom. The third-order valence-corrected chi connectivity index (χ3v) is 4.04. The van der Waals surface area contributed by atoms with Crippen molar-refractivity contribution in [1.29, 1.82) is 0 Å². The molecule has 1 heterocycles. The van der Waals surface area contributed by atoms with Gasteiger partial charge in [-0.3, -0.25) is 0 Å². The smallest absolute Gasteiger partial charge is 0.132 e. The zero-order chi connectivity index (χ0) is 24.5. The van der Waals surface area contributed by atoms with Gasteiger partial charge >= 0.3 is 0 Å². The molecule has 1 aliphatic heterocycles. The summed E-state index contributed by atoms with van der Waals surface area (Å²) in [7, 11) is 0. The van der Waals surface area contributed by atoms with Crippen molar-refractivity contribution in [2.45, 2.75) is 58.8 Å². The van der Waals surface area contributed by atoms with Crippen molar-refractivity contribution < 1.29 is 22.2 Å². The summed E-state index contributed by atoms with van der Waals surface area (Å²) in [6, 6.07) is 8.55. The van der Waals surface area contributed by atoms with Gasteiger partial charge < -0.3 is 9.84 Å². The standard InChI is InChI=1S/C21H26O2/c1-5-6-7-8-15-12-18(22)20-16-11-14(2)9-10-17(16)21(3,4)23-19(20)13-15/h9-13,22H,5-8H2,1-4H3/i1D3,5D2,6D2,7D2. The van der Waals surface area contributed by atoms with Crippen molar-refractivity contribution in [1.82, 2.24) is 0 Å². The first-order valence-corrected chi connectivity index (χ1v) is 7.48. The molecular formula is C21H26O2. The Kier molecular flexibility index (Phi) is 2.12. The predicted octanol–water partition coefficient (Wildman–Crippen LogP) is 5.73. The Hall–Kier alpha value is -1.96. The van der Waals surface area contributed by atoms with E-state index in [0.717, 1.165) is 16.7 Å². The van der Waals surface area contributed by atoms with E-state index in [2.05, 4.69) is 0 Å². The van der Waals surface area contributed by atoms with Crippen LogP contribution in [0.3, 0.4) is 0 Å². The highest BCUT2D eigenvalue weighted by Gasteiger charge is 2.34. The number of aryl methyl sites for hydroxylation is 2. The lowest BCUT2D eigenvalue weighted by Crippen LogP contribution is -2.29. The molecule has 2 aromatic carbocycles. The number of hydrogen-bond acceptors (Lipinski definition) is 2. The molecular weight excluding hydrogens is 284 g/mol. The van der Waals surface area contributed by atoms with E-state index >= 15 is 0 Å². The van der Waals surface area contributed by atoms with Gasteiger partial charge in [0.1, 0.15) is 17.1 Å². The van der Waals surface area contributed by atoms with E-state index in [0.29, 0.717) is 11.3 Å². The first-order chi connectivity index (χ1) is 14.3. The molecule has 0 spiro atoms. The molecule has 0 amide bonds. The van der Waals surface area contributed by atoms with Gasteiger partial charge in [0, 0.05) is 17.9 Å². The molecule has 0 unspecified atom stereocenters. The molecule has 2 heteroatoms. The Balaban J connectivity index is 2.07. The summed E-state index contributed by atoms with van der Waals surface area (Å²) in [5.74, 6) is 0.105. The first kappa shape index (κ1) is 8.23. The number of hydrogen-bond donors (Lipinski definition) is 1. The van der Waals surface area contributed by atoms with Crippen LogP contribution in [0.25, 0.3) is 11.1 Å². The van der Waals surface area contributed by atoms with Crippen molar-refractivity contribution in [2.75, 3.05) is 0 Å². The van der Waals surface area contributed by atoms with Crippen LogP contribution in [0.4, 0.5) is 0 Å². The molecule has 3 rings (SSSR count). The third-order valence-electron chi connectivity index (χ3n) is 4.04. The minimum Gasteiger partial charge on any atom is -0.507 e. The largest absolute Gasteiger partial charge is 0.507 e. The SMILES string of the molecule is [2H]C([2H])([2H])C([2H])([2H])C([2H])([2H])C([2H])([2H])Cc1cc(O)c2c(c1)OC(C)(C)c1ccc(C)cc1-2. The van der Waals surface area contributed by atoms with Gasteiger partial charge in [0.2, 0.25) is 0 Å². The lowest BCUT2D eigenvalue weighted by molar-refractivity contribution is 0.105. The Bertz CT molecular complexity index is 1060. The Labute approximate surface area is 151 Å². The fraction of sp³-hybridized carbons (Fsp3) is 0.429. The highest BCUT2D eigenvalue weighted by atomic mass is 16.5. The van der Waals surface area contributed by atoms with Gasteiger partial charge in [0.15, 0.2) is 0 Å². The lowest BCUT2D eigenvalue weighted by Gasteiger charge is -2.35. The minimum absolute atomic E-state index is 0.156. The quantitative estimate of drug-likeness (QED) is 0.780. The number of phenols is 1. The topological polar surface area (TPSA) is 29.5 Å². The molecule has 2 nitrogen and oxygen atoms in total. The van der Waals surface area contributed by atoms with Crippen molar-refractivity contribution in [3.05, 3.63) is 47.0 Å². The number of benzene rings is 2. The molecule has 0 aromatic heterocycles. The summed E-state index contributed by atoms with van der Waals surface area (Å²) in [4.78, 5) is 0. The van der Waals surface area contributed by atoms with Crippen LogP contribution in [-0.2, 0) is 12.0 Å². The number of aromatic hydroxyl groups is 1. The monoisotopic (exact) mass is 319 g/mol. The second-order valence-corrected chi connectivity index (χ2v) is 6.25. The average Bonchev–Trinajstić information content (AvgIpc) is 2.58. The lowest BCUT2D eigenvalue weighted by atomic mass is 9.84. The molecule has 122 valence electrons. The van der Waals surface area contributed by atoms with E-state index in [-0.39, 0.29) is 11.3 Å². The number of rotatable bonds is 4. The van der Waals surface area contributed by atoms with Crippen LogP contribution in [0.5, 0.6) is 11.5 Å². The summed E-state index contributed by atoms with van der Waals surface area (Å²) in [6.07, 6.45) is -10.3. The highest BCUT2D eigenvalue weighted by molar-refractivity contribution is 5.82. The van der Waals surface area contributed by atoms with E-state index in [1.807, 2.05) is 39.0 Å². The maximum atomic E-state index is 10.8. The van der Waals surface area contributed by atoms with Crippen molar-refractivity contribution in [3.8, 4) is 22.6 Å². The zero-order valence-corrected chi connectivity index (χ0v) is 13.4. The van der Waals surface area contributed by atoms with Gasteiger partial charge in [0.05, 0.1) is 5.56 Å². The van der Waals surface area contributed by atoms with E-state index < -0.39 is 38.0 Å². The van der Waals surface area contributed by atoms with Crippen molar-refractivity contribution in [3.63, 3.8) is 0 Å². The molecule has 0 bridgehead atoms. The molecule has 23 heavy (non-hydrogen) atoms. The maximum Gasteiger partial charge on any atom is 0.132 e. The van der Waals surface area contributed by atoms with Crippen LogP contribution in [-0.4, -0.2) is 5.11 Å². The first-order valence-electron chi connectivity index (χ1n) is 12.0. The number of fused-ring (bicyclic) bond motifs is 3. The fourth-order valence-corrected chi connectivity index (χ4v) is 3.02. The van der Waals surface area contributed by atoms with Gasteiger partial charge in [-0.05, 0) is 56.8 Å². The summed E-state index contributed by atoms with van der Waals surface area (Å²) in [5, 5.41) is 10.8. The van der Waals surface area contributed by atoms with E-state index in [1.165, 1.54) is 12.1 Å². The fourth-order valence-electron chi connectivity index (χ4n) is 3.02. The Morgan fingerprint density at radius 2 is 2.04 bits per heavy atom. The molecule has 0 aliphatic carbocycles. The molecule has 0 radical (unpaired) electrons. The average molecular weight is 319 g/mol. The minimum atomic E-state index is -3.44. The van der Waals surface area contributed by atoms with Crippen LogP contribution in [0, 0.1) is 6.92 Å². The Morgan fingerprint density at radius 3 is 2.83 bits per heavy atom. The van der Waals surface area contributed by atoms with Gasteiger partial charge in [-0.25, -0.2) is 0 Å². The van der Waals surface area contributed by atoms with Gasteiger partial charge in [-0.1, -0.05) is 43.4 Å². The van der Waals surface area contributed by atoms with Gasteiger partial charge in [-0.2, -0.15) is 0 Å². The van der Waals surface area contributed by atoms with Gasteiger partial charge in [0.25, 0.3) is 0 Å². The summed E-state index contributed by atoms with van der Waals surface area (Å²) in [5.41, 5.74) is 2.48. The van der Waals surface area contributed by atoms with Crippen LogP contribution in [0.2, 0.25) is 0 Å². The molecule has 0 saturated heterocycles. The number of phenolic OH excluding ortho intramolecular Hbond substituents is 1. The second kappa shape index (κ2) is 5.92. The van der Waals surface area contributed by atoms with Crippen LogP contribution >= 0.6 is 0 Å². The predicted molar refractivity (Wildman–Crippen MR) is 95.2 cm³/mol. The molecule has 0 atom stereocenters. The van der Waals surface area contributed by atoms with E-state index in [1.54, 1.807) is 0 Å².